The van der Waals surface area contributed by atoms with E-state index >= 15 is 0 Å². The van der Waals surface area contributed by atoms with Gasteiger partial charge in [-0.05, 0) is 30.7 Å². The second kappa shape index (κ2) is 8.36. The van der Waals surface area contributed by atoms with E-state index in [1.165, 1.54) is 24.3 Å². The third-order valence-electron chi connectivity index (χ3n) is 3.33. The number of benzene rings is 1. The maximum absolute atomic E-state index is 5.76. The van der Waals surface area contributed by atoms with Gasteiger partial charge in [0.15, 0.2) is 0 Å². The van der Waals surface area contributed by atoms with Gasteiger partial charge in [-0.15, -0.1) is 0 Å². The number of ether oxygens (including phenoxy) is 1. The number of hydrogen-bond acceptors (Lipinski definition) is 7. The molecule has 0 saturated carbocycles. The van der Waals surface area contributed by atoms with Crippen molar-refractivity contribution >= 4 is 17.5 Å². The Morgan fingerprint density at radius 2 is 1.80 bits per heavy atom. The molecular formula is C17H17ClN6O. The second-order valence-electron chi connectivity index (χ2n) is 5.21. The summed E-state index contributed by atoms with van der Waals surface area (Å²) < 4.78 is 5.76. The Morgan fingerprint density at radius 3 is 2.52 bits per heavy atom. The lowest BCUT2D eigenvalue weighted by Gasteiger charge is -2.08. The van der Waals surface area contributed by atoms with Crippen molar-refractivity contribution in [1.82, 2.24) is 19.9 Å². The summed E-state index contributed by atoms with van der Waals surface area (Å²) in [5.74, 6) is 1.65. The summed E-state index contributed by atoms with van der Waals surface area (Å²) in [4.78, 5) is 16.5. The Hall–Kier alpha value is -2.77. The van der Waals surface area contributed by atoms with Crippen LogP contribution in [0.3, 0.4) is 0 Å². The fourth-order valence-electron chi connectivity index (χ4n) is 2.11. The molecule has 2 heterocycles. The van der Waals surface area contributed by atoms with Crippen molar-refractivity contribution in [2.45, 2.75) is 13.0 Å². The third kappa shape index (κ3) is 5.10. The second-order valence-corrected chi connectivity index (χ2v) is 5.65. The van der Waals surface area contributed by atoms with Gasteiger partial charge in [0, 0.05) is 6.07 Å². The molecular weight excluding hydrogens is 340 g/mol. The number of nitrogens with two attached hydrogens (primary N) is 1. The molecule has 0 spiro atoms. The van der Waals surface area contributed by atoms with Crippen LogP contribution in [-0.4, -0.2) is 26.5 Å². The molecule has 0 unspecified atom stereocenters. The number of nitrogens with one attached hydrogen (secondary N) is 1. The molecule has 25 heavy (non-hydrogen) atoms. The molecule has 7 nitrogen and oxygen atoms in total. The lowest BCUT2D eigenvalue weighted by molar-refractivity contribution is 0.460. The molecule has 3 aromatic rings. The van der Waals surface area contributed by atoms with E-state index < -0.39 is 0 Å². The molecule has 0 aliphatic rings. The van der Waals surface area contributed by atoms with Gasteiger partial charge in [0.25, 0.3) is 0 Å². The van der Waals surface area contributed by atoms with Crippen LogP contribution in [0.1, 0.15) is 11.3 Å². The minimum absolute atomic E-state index is 0.440. The quantitative estimate of drug-likeness (QED) is 0.671. The summed E-state index contributed by atoms with van der Waals surface area (Å²) in [7, 11) is 0. The van der Waals surface area contributed by atoms with Gasteiger partial charge < -0.3 is 15.8 Å². The molecule has 0 bridgehead atoms. The van der Waals surface area contributed by atoms with Crippen molar-refractivity contribution in [2.24, 2.45) is 5.73 Å². The highest BCUT2D eigenvalue weighted by Gasteiger charge is 2.03. The van der Waals surface area contributed by atoms with Gasteiger partial charge in [-0.3, -0.25) is 0 Å². The van der Waals surface area contributed by atoms with Crippen LogP contribution in [0.15, 0.2) is 49.1 Å². The highest BCUT2D eigenvalue weighted by Crippen LogP contribution is 2.20. The van der Waals surface area contributed by atoms with Gasteiger partial charge in [0.1, 0.15) is 12.1 Å². The first-order chi connectivity index (χ1) is 12.2. The van der Waals surface area contributed by atoms with Crippen LogP contribution in [0.2, 0.25) is 5.02 Å². The molecule has 0 saturated heterocycles. The minimum Gasteiger partial charge on any atom is -0.439 e. The first-order valence-corrected chi connectivity index (χ1v) is 8.10. The van der Waals surface area contributed by atoms with E-state index in [0.717, 1.165) is 12.1 Å². The highest BCUT2D eigenvalue weighted by atomic mass is 35.5. The number of rotatable bonds is 7. The molecule has 0 aliphatic carbocycles. The zero-order valence-electron chi connectivity index (χ0n) is 13.4. The predicted molar refractivity (Wildman–Crippen MR) is 95.7 cm³/mol. The van der Waals surface area contributed by atoms with Gasteiger partial charge in [-0.1, -0.05) is 23.7 Å². The maximum Gasteiger partial charge on any atom is 0.222 e. The van der Waals surface area contributed by atoms with Crippen molar-refractivity contribution in [1.29, 1.82) is 0 Å². The van der Waals surface area contributed by atoms with Crippen LogP contribution in [0.5, 0.6) is 11.6 Å². The molecule has 0 aliphatic heterocycles. The number of hydrogen-bond donors (Lipinski definition) is 2. The molecule has 1 aromatic carbocycles. The van der Waals surface area contributed by atoms with Gasteiger partial charge in [-0.2, -0.15) is 0 Å². The van der Waals surface area contributed by atoms with E-state index in [0.29, 0.717) is 35.7 Å². The van der Waals surface area contributed by atoms with Crippen LogP contribution in [0.25, 0.3) is 0 Å². The predicted octanol–water partition coefficient (Wildman–Crippen LogP) is 2.83. The molecule has 128 valence electrons. The van der Waals surface area contributed by atoms with Crippen molar-refractivity contribution in [3.63, 3.8) is 0 Å². The molecule has 0 amide bonds. The zero-order valence-corrected chi connectivity index (χ0v) is 14.1. The van der Waals surface area contributed by atoms with Gasteiger partial charge in [0.2, 0.25) is 11.8 Å². The number of halogens is 1. The van der Waals surface area contributed by atoms with E-state index in [9.17, 15) is 0 Å². The third-order valence-corrected chi connectivity index (χ3v) is 3.52. The first kappa shape index (κ1) is 17.1. The van der Waals surface area contributed by atoms with Crippen LogP contribution < -0.4 is 15.8 Å². The Morgan fingerprint density at radius 1 is 1.04 bits per heavy atom. The average Bonchev–Trinajstić information content (AvgIpc) is 2.64. The fourth-order valence-corrected chi connectivity index (χ4v) is 2.21. The minimum atomic E-state index is 0.440. The van der Waals surface area contributed by atoms with Crippen molar-refractivity contribution in [2.75, 3.05) is 11.9 Å². The molecule has 0 atom stereocenters. The van der Waals surface area contributed by atoms with Gasteiger partial charge in [-0.25, -0.2) is 19.9 Å². The van der Waals surface area contributed by atoms with Crippen LogP contribution in [0.4, 0.5) is 5.95 Å². The van der Waals surface area contributed by atoms with Crippen LogP contribution in [-0.2, 0) is 13.0 Å². The summed E-state index contributed by atoms with van der Waals surface area (Å²) in [6.45, 7) is 1.07. The Labute approximate surface area is 150 Å². The molecule has 0 radical (unpaired) electrons. The number of nitrogens with zero attached hydrogens (tertiary/aromatic N) is 4. The van der Waals surface area contributed by atoms with E-state index in [1.54, 1.807) is 6.07 Å². The van der Waals surface area contributed by atoms with Crippen molar-refractivity contribution in [3.05, 3.63) is 65.3 Å². The normalized spacial score (nSPS) is 10.5. The zero-order chi connectivity index (χ0) is 17.5. The van der Waals surface area contributed by atoms with Gasteiger partial charge >= 0.3 is 0 Å². The molecule has 8 heteroatoms. The monoisotopic (exact) mass is 356 g/mol. The Bertz CT molecular complexity index is 810. The van der Waals surface area contributed by atoms with Crippen LogP contribution in [0, 0.1) is 0 Å². The summed E-state index contributed by atoms with van der Waals surface area (Å²) >= 11 is 5.76. The smallest absolute Gasteiger partial charge is 0.222 e. The Balaban J connectivity index is 1.61. The maximum atomic E-state index is 5.76. The van der Waals surface area contributed by atoms with E-state index in [1.807, 2.05) is 24.3 Å². The summed E-state index contributed by atoms with van der Waals surface area (Å²) in [6.07, 6.45) is 5.35. The number of anilines is 1. The van der Waals surface area contributed by atoms with Crippen molar-refractivity contribution in [3.8, 4) is 11.6 Å². The first-order valence-electron chi connectivity index (χ1n) is 7.72. The fraction of sp³-hybridized carbons (Fsp3) is 0.176. The molecule has 0 fully saturated rings. The molecule has 2 aromatic heterocycles. The molecule has 3 N–H and O–H groups in total. The van der Waals surface area contributed by atoms with E-state index in [-0.39, 0.29) is 0 Å². The summed E-state index contributed by atoms with van der Waals surface area (Å²) in [5, 5.41) is 3.55. The summed E-state index contributed by atoms with van der Waals surface area (Å²) in [5.41, 5.74) is 7.47. The standard InChI is InChI=1S/C17H17ClN6O/c18-13-8-20-17(21-9-13)22-10-14-7-16(24-11-23-14)25-15-3-1-12(2-4-15)5-6-19/h1-4,7-9,11H,5-6,10,19H2,(H,20,21,22). The van der Waals surface area contributed by atoms with E-state index in [4.69, 9.17) is 22.1 Å². The lowest BCUT2D eigenvalue weighted by atomic mass is 10.1. The Kier molecular flexibility index (Phi) is 5.71. The van der Waals surface area contributed by atoms with Crippen LogP contribution >= 0.6 is 11.6 Å². The lowest BCUT2D eigenvalue weighted by Crippen LogP contribution is -2.05. The average molecular weight is 357 g/mol. The highest BCUT2D eigenvalue weighted by molar-refractivity contribution is 6.30. The molecule has 3 rings (SSSR count). The SMILES string of the molecule is NCCc1ccc(Oc2cc(CNc3ncc(Cl)cn3)ncn2)cc1. The number of aromatic nitrogens is 4. The van der Waals surface area contributed by atoms with Gasteiger partial charge in [0.05, 0.1) is 29.7 Å². The van der Waals surface area contributed by atoms with E-state index in [2.05, 4.69) is 25.3 Å². The largest absolute Gasteiger partial charge is 0.439 e. The topological polar surface area (TPSA) is 98.8 Å². The van der Waals surface area contributed by atoms with Crippen molar-refractivity contribution < 1.29 is 4.74 Å². The summed E-state index contributed by atoms with van der Waals surface area (Å²) in [6, 6.07) is 9.53.